The average molecular weight is 309 g/mol. The van der Waals surface area contributed by atoms with Gasteiger partial charge in [0.15, 0.2) is 5.84 Å². The first-order valence-corrected chi connectivity index (χ1v) is 7.95. The lowest BCUT2D eigenvalue weighted by Crippen LogP contribution is -2.42. The Morgan fingerprint density at radius 3 is 2.90 bits per heavy atom. The summed E-state index contributed by atoms with van der Waals surface area (Å²) >= 11 is 2.01. The number of hydrogen-bond donors (Lipinski definition) is 2. The van der Waals surface area contributed by atoms with Gasteiger partial charge in [-0.25, -0.2) is 0 Å². The molecule has 1 aliphatic rings. The normalized spacial score (nSPS) is 19.5. The zero-order valence-corrected chi connectivity index (χ0v) is 13.6. The first-order chi connectivity index (χ1) is 9.95. The Hall–Kier alpha value is -1.40. The van der Waals surface area contributed by atoms with Crippen LogP contribution < -0.4 is 10.5 Å². The minimum absolute atomic E-state index is 0.119. The number of methoxy groups -OCH3 is 1. The standard InChI is InChI=1S/C15H23N3O2S/c1-15(2)10-18(6-7-21-15)9-12-8-11(14(16)17-19)4-5-13(12)20-3/h4-5,8,19H,6-7,9-10H2,1-3H3,(H2,16,17). The van der Waals surface area contributed by atoms with E-state index in [4.69, 9.17) is 15.7 Å². The molecule has 1 fully saturated rings. The van der Waals surface area contributed by atoms with Crippen LogP contribution in [0.2, 0.25) is 0 Å². The molecule has 0 bridgehead atoms. The van der Waals surface area contributed by atoms with Crippen molar-refractivity contribution in [2.45, 2.75) is 25.1 Å². The van der Waals surface area contributed by atoms with Crippen LogP contribution >= 0.6 is 11.8 Å². The fraction of sp³-hybridized carbons (Fsp3) is 0.533. The molecule has 1 aromatic rings. The fourth-order valence-electron chi connectivity index (χ4n) is 2.61. The summed E-state index contributed by atoms with van der Waals surface area (Å²) in [5, 5.41) is 11.9. The van der Waals surface area contributed by atoms with Crippen molar-refractivity contribution in [3.8, 4) is 5.75 Å². The van der Waals surface area contributed by atoms with E-state index < -0.39 is 0 Å². The number of amidine groups is 1. The maximum absolute atomic E-state index is 8.81. The van der Waals surface area contributed by atoms with Crippen LogP contribution in [-0.2, 0) is 6.54 Å². The smallest absolute Gasteiger partial charge is 0.170 e. The number of hydrogen-bond acceptors (Lipinski definition) is 5. The van der Waals surface area contributed by atoms with E-state index in [9.17, 15) is 0 Å². The lowest BCUT2D eigenvalue weighted by molar-refractivity contribution is 0.248. The van der Waals surface area contributed by atoms with E-state index in [1.54, 1.807) is 13.2 Å². The summed E-state index contributed by atoms with van der Waals surface area (Å²) in [6.07, 6.45) is 0. The highest BCUT2D eigenvalue weighted by Crippen LogP contribution is 2.31. The number of thioether (sulfide) groups is 1. The monoisotopic (exact) mass is 309 g/mol. The topological polar surface area (TPSA) is 71.1 Å². The van der Waals surface area contributed by atoms with Crippen LogP contribution in [0, 0.1) is 0 Å². The molecule has 2 rings (SSSR count). The number of benzene rings is 1. The number of rotatable bonds is 4. The van der Waals surface area contributed by atoms with Gasteiger partial charge in [-0.15, -0.1) is 0 Å². The molecule has 0 spiro atoms. The number of nitrogens with zero attached hydrogens (tertiary/aromatic N) is 2. The molecule has 0 aliphatic carbocycles. The number of oxime groups is 1. The fourth-order valence-corrected chi connectivity index (χ4v) is 3.79. The summed E-state index contributed by atoms with van der Waals surface area (Å²) in [4.78, 5) is 2.42. The van der Waals surface area contributed by atoms with Crippen LogP contribution in [0.5, 0.6) is 5.75 Å². The summed E-state index contributed by atoms with van der Waals surface area (Å²) in [6.45, 7) is 7.45. The van der Waals surface area contributed by atoms with Crippen LogP contribution in [0.3, 0.4) is 0 Å². The van der Waals surface area contributed by atoms with Crippen molar-refractivity contribution < 1.29 is 9.94 Å². The van der Waals surface area contributed by atoms with E-state index in [2.05, 4.69) is 23.9 Å². The van der Waals surface area contributed by atoms with Gasteiger partial charge in [0, 0.05) is 41.3 Å². The van der Waals surface area contributed by atoms with Gasteiger partial charge in [-0.05, 0) is 32.0 Å². The molecule has 21 heavy (non-hydrogen) atoms. The quantitative estimate of drug-likeness (QED) is 0.386. The lowest BCUT2D eigenvalue weighted by atomic mass is 10.1. The zero-order valence-electron chi connectivity index (χ0n) is 12.8. The summed E-state index contributed by atoms with van der Waals surface area (Å²) in [7, 11) is 1.66. The van der Waals surface area contributed by atoms with Crippen molar-refractivity contribution >= 4 is 17.6 Å². The molecule has 116 valence electrons. The first kappa shape index (κ1) is 16.0. The van der Waals surface area contributed by atoms with Gasteiger partial charge in [0.1, 0.15) is 5.75 Å². The van der Waals surface area contributed by atoms with E-state index in [1.165, 1.54) is 0 Å². The SMILES string of the molecule is COc1ccc(/C(N)=N/O)cc1CN1CCSC(C)(C)C1. The lowest BCUT2D eigenvalue weighted by Gasteiger charge is -2.37. The van der Waals surface area contributed by atoms with E-state index in [1.807, 2.05) is 23.9 Å². The van der Waals surface area contributed by atoms with Crippen LogP contribution in [0.1, 0.15) is 25.0 Å². The Bertz CT molecular complexity index is 532. The van der Waals surface area contributed by atoms with E-state index in [0.717, 1.165) is 36.7 Å². The Morgan fingerprint density at radius 2 is 2.29 bits per heavy atom. The summed E-state index contributed by atoms with van der Waals surface area (Å²) in [5.74, 6) is 2.09. The second-order valence-electron chi connectivity index (χ2n) is 5.83. The average Bonchev–Trinajstić information content (AvgIpc) is 2.45. The Kier molecular flexibility index (Phi) is 5.00. The van der Waals surface area contributed by atoms with Crippen molar-refractivity contribution in [3.63, 3.8) is 0 Å². The Balaban J connectivity index is 2.21. The molecule has 0 aromatic heterocycles. The van der Waals surface area contributed by atoms with Gasteiger partial charge in [-0.2, -0.15) is 11.8 Å². The summed E-state index contributed by atoms with van der Waals surface area (Å²) in [5.41, 5.74) is 7.44. The van der Waals surface area contributed by atoms with Crippen molar-refractivity contribution in [2.75, 3.05) is 26.0 Å². The minimum Gasteiger partial charge on any atom is -0.496 e. The van der Waals surface area contributed by atoms with Crippen molar-refractivity contribution in [1.82, 2.24) is 4.90 Å². The minimum atomic E-state index is 0.119. The molecule has 5 nitrogen and oxygen atoms in total. The maximum atomic E-state index is 8.81. The third-order valence-electron chi connectivity index (χ3n) is 3.58. The molecule has 0 atom stereocenters. The van der Waals surface area contributed by atoms with Gasteiger partial charge in [-0.1, -0.05) is 5.16 Å². The maximum Gasteiger partial charge on any atom is 0.170 e. The van der Waals surface area contributed by atoms with Crippen LogP contribution in [-0.4, -0.2) is 46.6 Å². The van der Waals surface area contributed by atoms with E-state index in [-0.39, 0.29) is 10.6 Å². The zero-order chi connectivity index (χ0) is 15.5. The van der Waals surface area contributed by atoms with Crippen molar-refractivity contribution in [1.29, 1.82) is 0 Å². The first-order valence-electron chi connectivity index (χ1n) is 6.96. The summed E-state index contributed by atoms with van der Waals surface area (Å²) in [6, 6.07) is 5.60. The Morgan fingerprint density at radius 1 is 1.52 bits per heavy atom. The second-order valence-corrected chi connectivity index (χ2v) is 7.63. The molecule has 0 radical (unpaired) electrons. The van der Waals surface area contributed by atoms with Gasteiger partial charge < -0.3 is 15.7 Å². The van der Waals surface area contributed by atoms with Gasteiger partial charge in [0.25, 0.3) is 0 Å². The predicted octanol–water partition coefficient (Wildman–Crippen LogP) is 2.12. The molecular formula is C15H23N3O2S. The molecule has 6 heteroatoms. The van der Waals surface area contributed by atoms with Crippen molar-refractivity contribution in [3.05, 3.63) is 29.3 Å². The summed E-state index contributed by atoms with van der Waals surface area (Å²) < 4.78 is 5.70. The third kappa shape index (κ3) is 4.04. The highest BCUT2D eigenvalue weighted by Gasteiger charge is 2.27. The highest BCUT2D eigenvalue weighted by molar-refractivity contribution is 8.00. The molecule has 1 saturated heterocycles. The van der Waals surface area contributed by atoms with Crippen LogP contribution in [0.15, 0.2) is 23.4 Å². The van der Waals surface area contributed by atoms with E-state index in [0.29, 0.717) is 5.56 Å². The molecule has 1 heterocycles. The molecule has 0 unspecified atom stereocenters. The predicted molar refractivity (Wildman–Crippen MR) is 87.3 cm³/mol. The second kappa shape index (κ2) is 6.58. The number of nitrogens with two attached hydrogens (primary N) is 1. The van der Waals surface area contributed by atoms with E-state index >= 15 is 0 Å². The molecule has 0 saturated carbocycles. The highest BCUT2D eigenvalue weighted by atomic mass is 32.2. The molecule has 1 aromatic carbocycles. The van der Waals surface area contributed by atoms with Gasteiger partial charge in [0.2, 0.25) is 0 Å². The molecular weight excluding hydrogens is 286 g/mol. The molecule has 0 amide bonds. The molecule has 1 aliphatic heterocycles. The Labute approximate surface area is 130 Å². The molecule has 3 N–H and O–H groups in total. The third-order valence-corrected chi connectivity index (χ3v) is 4.88. The van der Waals surface area contributed by atoms with Crippen LogP contribution in [0.25, 0.3) is 0 Å². The van der Waals surface area contributed by atoms with Gasteiger partial charge in [-0.3, -0.25) is 4.90 Å². The van der Waals surface area contributed by atoms with Crippen molar-refractivity contribution in [2.24, 2.45) is 10.9 Å². The van der Waals surface area contributed by atoms with Gasteiger partial charge >= 0.3 is 0 Å². The largest absolute Gasteiger partial charge is 0.496 e. The van der Waals surface area contributed by atoms with Gasteiger partial charge in [0.05, 0.1) is 7.11 Å². The number of ether oxygens (including phenoxy) is 1. The van der Waals surface area contributed by atoms with Crippen LogP contribution in [0.4, 0.5) is 0 Å².